The van der Waals surface area contributed by atoms with E-state index in [4.69, 9.17) is 12.2 Å². The van der Waals surface area contributed by atoms with Crippen LogP contribution in [-0.2, 0) is 10.0 Å². The fraction of sp³-hybridized carbons (Fsp3) is 0.429. The van der Waals surface area contributed by atoms with Crippen LogP contribution in [-0.4, -0.2) is 56.4 Å². The molecule has 10 heteroatoms. The molecule has 1 amide bonds. The van der Waals surface area contributed by atoms with Crippen LogP contribution in [0.15, 0.2) is 29.2 Å². The number of sulfonamides is 1. The summed E-state index contributed by atoms with van der Waals surface area (Å²) in [6.45, 7) is 0.707. The van der Waals surface area contributed by atoms with Gasteiger partial charge in [0.1, 0.15) is 0 Å². The maximum Gasteiger partial charge on any atom is 0.269 e. The van der Waals surface area contributed by atoms with Gasteiger partial charge in [0.05, 0.1) is 4.90 Å². The summed E-state index contributed by atoms with van der Waals surface area (Å²) in [4.78, 5) is 12.2. The number of hydrogen-bond acceptors (Lipinski definition) is 5. The molecule has 134 valence electrons. The van der Waals surface area contributed by atoms with Crippen molar-refractivity contribution in [3.63, 3.8) is 0 Å². The van der Waals surface area contributed by atoms with Crippen molar-refractivity contribution in [3.05, 3.63) is 29.8 Å². The van der Waals surface area contributed by atoms with E-state index in [2.05, 4.69) is 16.2 Å². The van der Waals surface area contributed by atoms with Gasteiger partial charge in [0.15, 0.2) is 5.11 Å². The third-order valence-electron chi connectivity index (χ3n) is 2.98. The predicted octanol–water partition coefficient (Wildman–Crippen LogP) is 0.799. The van der Waals surface area contributed by atoms with Gasteiger partial charge in [-0.25, -0.2) is 12.7 Å². The van der Waals surface area contributed by atoms with Crippen LogP contribution in [0.5, 0.6) is 0 Å². The van der Waals surface area contributed by atoms with E-state index in [-0.39, 0.29) is 10.5 Å². The molecular formula is C14H22N4O3S3. The highest BCUT2D eigenvalue weighted by molar-refractivity contribution is 7.98. The molecular weight excluding hydrogens is 368 g/mol. The Morgan fingerprint density at radius 1 is 1.29 bits per heavy atom. The van der Waals surface area contributed by atoms with Gasteiger partial charge in [0.2, 0.25) is 10.0 Å². The molecule has 7 nitrogen and oxygen atoms in total. The van der Waals surface area contributed by atoms with E-state index in [0.29, 0.717) is 11.7 Å². The van der Waals surface area contributed by atoms with E-state index in [0.717, 1.165) is 16.5 Å². The van der Waals surface area contributed by atoms with Crippen molar-refractivity contribution in [1.82, 2.24) is 20.5 Å². The Hall–Kier alpha value is -1.36. The SMILES string of the molecule is CSCCCNC(=S)NNC(=O)c1cccc(S(=O)(=O)N(C)C)c1. The summed E-state index contributed by atoms with van der Waals surface area (Å²) in [6.07, 6.45) is 2.99. The van der Waals surface area contributed by atoms with Crippen molar-refractivity contribution in [2.75, 3.05) is 32.6 Å². The maximum atomic E-state index is 12.1. The van der Waals surface area contributed by atoms with Crippen LogP contribution < -0.4 is 16.2 Å². The van der Waals surface area contributed by atoms with Crippen LogP contribution in [0.2, 0.25) is 0 Å². The molecule has 0 saturated carbocycles. The van der Waals surface area contributed by atoms with Crippen LogP contribution in [0.1, 0.15) is 16.8 Å². The second kappa shape index (κ2) is 9.82. The fourth-order valence-electron chi connectivity index (χ4n) is 1.66. The molecule has 0 aliphatic rings. The molecule has 0 radical (unpaired) electrons. The molecule has 0 bridgehead atoms. The molecule has 3 N–H and O–H groups in total. The molecule has 0 unspecified atom stereocenters. The number of amides is 1. The Labute approximate surface area is 152 Å². The Balaban J connectivity index is 2.62. The van der Waals surface area contributed by atoms with E-state index in [1.54, 1.807) is 11.8 Å². The average molecular weight is 391 g/mol. The highest BCUT2D eigenvalue weighted by Crippen LogP contribution is 2.14. The highest BCUT2D eigenvalue weighted by Gasteiger charge is 2.18. The molecule has 1 aromatic rings. The van der Waals surface area contributed by atoms with E-state index >= 15 is 0 Å². The van der Waals surface area contributed by atoms with Gasteiger partial charge in [-0.05, 0) is 48.8 Å². The summed E-state index contributed by atoms with van der Waals surface area (Å²) < 4.78 is 25.3. The maximum absolute atomic E-state index is 12.1. The lowest BCUT2D eigenvalue weighted by atomic mass is 10.2. The lowest BCUT2D eigenvalue weighted by Gasteiger charge is -2.13. The smallest absolute Gasteiger partial charge is 0.269 e. The van der Waals surface area contributed by atoms with E-state index in [1.807, 2.05) is 6.26 Å². The van der Waals surface area contributed by atoms with Crippen LogP contribution in [0.4, 0.5) is 0 Å². The summed E-state index contributed by atoms with van der Waals surface area (Å²) in [5, 5.41) is 3.27. The van der Waals surface area contributed by atoms with Crippen molar-refractivity contribution >= 4 is 45.0 Å². The Morgan fingerprint density at radius 3 is 2.62 bits per heavy atom. The zero-order valence-corrected chi connectivity index (χ0v) is 16.3. The summed E-state index contributed by atoms with van der Waals surface area (Å²) in [7, 11) is -0.718. The number of nitrogens with one attached hydrogen (secondary N) is 3. The number of carbonyl (C=O) groups is 1. The number of nitrogens with zero attached hydrogens (tertiary/aromatic N) is 1. The average Bonchev–Trinajstić information content (AvgIpc) is 2.56. The Kier molecular flexibility index (Phi) is 8.46. The van der Waals surface area contributed by atoms with Gasteiger partial charge in [0, 0.05) is 26.2 Å². The lowest BCUT2D eigenvalue weighted by molar-refractivity contribution is 0.0943. The van der Waals surface area contributed by atoms with Crippen molar-refractivity contribution in [3.8, 4) is 0 Å². The molecule has 0 aliphatic carbocycles. The molecule has 0 atom stereocenters. The van der Waals surface area contributed by atoms with Gasteiger partial charge in [-0.1, -0.05) is 6.07 Å². The van der Waals surface area contributed by atoms with Crippen molar-refractivity contribution in [1.29, 1.82) is 0 Å². The predicted molar refractivity (Wildman–Crippen MR) is 102 cm³/mol. The quantitative estimate of drug-likeness (QED) is 0.360. The van der Waals surface area contributed by atoms with Crippen molar-refractivity contribution < 1.29 is 13.2 Å². The molecule has 0 fully saturated rings. The van der Waals surface area contributed by atoms with Crippen molar-refractivity contribution in [2.24, 2.45) is 0 Å². The second-order valence-electron chi connectivity index (χ2n) is 5.00. The third kappa shape index (κ3) is 6.27. The first-order valence-electron chi connectivity index (χ1n) is 7.14. The minimum Gasteiger partial charge on any atom is -0.361 e. The number of hydrazine groups is 1. The first-order valence-corrected chi connectivity index (χ1v) is 10.4. The number of benzene rings is 1. The molecule has 0 aromatic heterocycles. The van der Waals surface area contributed by atoms with E-state index < -0.39 is 15.9 Å². The van der Waals surface area contributed by atoms with Gasteiger partial charge in [-0.2, -0.15) is 11.8 Å². The van der Waals surface area contributed by atoms with Crippen LogP contribution in [0.3, 0.4) is 0 Å². The minimum absolute atomic E-state index is 0.0536. The second-order valence-corrected chi connectivity index (χ2v) is 8.54. The number of thiocarbonyl (C=S) groups is 1. The number of rotatable bonds is 7. The summed E-state index contributed by atoms with van der Waals surface area (Å²) in [5.74, 6) is 0.550. The monoisotopic (exact) mass is 390 g/mol. The first-order chi connectivity index (χ1) is 11.3. The molecule has 1 aromatic carbocycles. The third-order valence-corrected chi connectivity index (χ3v) is 5.73. The molecule has 1 rings (SSSR count). The zero-order valence-electron chi connectivity index (χ0n) is 13.8. The standard InChI is InChI=1S/C14H22N4O3S3/c1-18(2)24(20,21)12-7-4-6-11(10-12)13(19)16-17-14(22)15-8-5-9-23-3/h4,6-7,10H,5,8-9H2,1-3H3,(H,16,19)(H2,15,17,22). The molecule has 0 spiro atoms. The van der Waals surface area contributed by atoms with E-state index in [9.17, 15) is 13.2 Å². The topological polar surface area (TPSA) is 90.5 Å². The summed E-state index contributed by atoms with van der Waals surface area (Å²) >= 11 is 6.79. The van der Waals surface area contributed by atoms with Crippen molar-refractivity contribution in [2.45, 2.75) is 11.3 Å². The molecule has 0 saturated heterocycles. The molecule has 0 aliphatic heterocycles. The van der Waals surface area contributed by atoms with Gasteiger partial charge < -0.3 is 5.32 Å². The van der Waals surface area contributed by atoms with E-state index in [1.165, 1.54) is 38.4 Å². The van der Waals surface area contributed by atoms with Gasteiger partial charge >= 0.3 is 0 Å². The van der Waals surface area contributed by atoms with Crippen LogP contribution in [0, 0.1) is 0 Å². The Bertz CT molecular complexity index is 678. The number of carbonyl (C=O) groups excluding carboxylic acids is 1. The highest BCUT2D eigenvalue weighted by atomic mass is 32.2. The van der Waals surface area contributed by atoms with Gasteiger partial charge in [-0.3, -0.25) is 15.6 Å². The zero-order chi connectivity index (χ0) is 18.2. The summed E-state index contributed by atoms with van der Waals surface area (Å²) in [6, 6.07) is 5.81. The van der Waals surface area contributed by atoms with Gasteiger partial charge in [0.25, 0.3) is 5.91 Å². The molecule has 0 heterocycles. The van der Waals surface area contributed by atoms with Crippen LogP contribution in [0.25, 0.3) is 0 Å². The Morgan fingerprint density at radius 2 is 2.00 bits per heavy atom. The number of thioether (sulfide) groups is 1. The lowest BCUT2D eigenvalue weighted by Crippen LogP contribution is -2.47. The first kappa shape index (κ1) is 20.7. The van der Waals surface area contributed by atoms with Gasteiger partial charge in [-0.15, -0.1) is 0 Å². The fourth-order valence-corrected chi connectivity index (χ4v) is 3.19. The van der Waals surface area contributed by atoms with Crippen LogP contribution >= 0.6 is 24.0 Å². The minimum atomic E-state index is -3.59. The number of hydrogen-bond donors (Lipinski definition) is 3. The molecule has 24 heavy (non-hydrogen) atoms. The normalized spacial score (nSPS) is 11.2. The summed E-state index contributed by atoms with van der Waals surface area (Å²) in [5.41, 5.74) is 5.25. The largest absolute Gasteiger partial charge is 0.361 e.